The molecule has 0 bridgehead atoms. The number of hydrogen-bond acceptors (Lipinski definition) is 2. The van der Waals surface area contributed by atoms with Gasteiger partial charge in [0.15, 0.2) is 0 Å². The number of benzene rings is 1. The van der Waals surface area contributed by atoms with E-state index in [2.05, 4.69) is 9.97 Å². The van der Waals surface area contributed by atoms with Crippen LogP contribution in [0.1, 0.15) is 0 Å². The molecule has 58 valence electrons. The maximum atomic E-state index is 4.12. The Balaban J connectivity index is 0.000000605. The van der Waals surface area contributed by atoms with E-state index < -0.39 is 0 Å². The fraction of sp³-hybridized carbons (Fsp3) is 0. The zero-order valence-electron chi connectivity index (χ0n) is 5.67. The molecule has 0 amide bonds. The summed E-state index contributed by atoms with van der Waals surface area (Å²) in [5.74, 6) is 0. The Kier molecular flexibility index (Phi) is 2.55. The molecular formula is C8H6N2Ni. The molecule has 0 fully saturated rings. The van der Waals surface area contributed by atoms with Crippen LogP contribution in [0.4, 0.5) is 0 Å². The van der Waals surface area contributed by atoms with Crippen molar-refractivity contribution in [3.63, 3.8) is 0 Å². The standard InChI is InChI=1S/C8H6N2.Ni/c1-2-4-8-7(3-1)9-5-6-10-8;/h1-6H;. The van der Waals surface area contributed by atoms with Gasteiger partial charge in [0.1, 0.15) is 0 Å². The zero-order valence-corrected chi connectivity index (χ0v) is 6.66. The molecule has 0 aliphatic rings. The number of aromatic nitrogens is 2. The summed E-state index contributed by atoms with van der Waals surface area (Å²) in [7, 11) is 0. The second kappa shape index (κ2) is 3.45. The van der Waals surface area contributed by atoms with Crippen LogP contribution in [-0.4, -0.2) is 9.97 Å². The number of para-hydroxylation sites is 2. The first-order chi connectivity index (χ1) is 4.97. The maximum Gasteiger partial charge on any atom is 0.0886 e. The van der Waals surface area contributed by atoms with E-state index in [0.717, 1.165) is 11.0 Å². The topological polar surface area (TPSA) is 25.8 Å². The van der Waals surface area contributed by atoms with E-state index in [1.807, 2.05) is 24.3 Å². The first-order valence-corrected chi connectivity index (χ1v) is 3.12. The van der Waals surface area contributed by atoms with Gasteiger partial charge in [0.2, 0.25) is 0 Å². The molecule has 0 aliphatic carbocycles. The molecule has 0 saturated carbocycles. The van der Waals surface area contributed by atoms with Gasteiger partial charge in [-0.25, -0.2) is 0 Å². The average molecular weight is 189 g/mol. The molecule has 0 aliphatic heterocycles. The van der Waals surface area contributed by atoms with E-state index in [-0.39, 0.29) is 16.5 Å². The first kappa shape index (κ1) is 8.15. The summed E-state index contributed by atoms with van der Waals surface area (Å²) in [4.78, 5) is 8.24. The summed E-state index contributed by atoms with van der Waals surface area (Å²) in [5, 5.41) is 0. The monoisotopic (exact) mass is 188 g/mol. The van der Waals surface area contributed by atoms with Gasteiger partial charge < -0.3 is 0 Å². The fourth-order valence-corrected chi connectivity index (χ4v) is 0.910. The van der Waals surface area contributed by atoms with Crippen LogP contribution in [0.3, 0.4) is 0 Å². The van der Waals surface area contributed by atoms with Gasteiger partial charge in [0.05, 0.1) is 11.0 Å². The summed E-state index contributed by atoms with van der Waals surface area (Å²) >= 11 is 0. The summed E-state index contributed by atoms with van der Waals surface area (Å²) < 4.78 is 0. The van der Waals surface area contributed by atoms with Crippen LogP contribution in [0.2, 0.25) is 0 Å². The molecule has 0 unspecified atom stereocenters. The molecular weight excluding hydrogens is 183 g/mol. The summed E-state index contributed by atoms with van der Waals surface area (Å²) in [6.07, 6.45) is 3.39. The van der Waals surface area contributed by atoms with Gasteiger partial charge in [0.25, 0.3) is 0 Å². The van der Waals surface area contributed by atoms with Gasteiger partial charge in [-0.05, 0) is 12.1 Å². The van der Waals surface area contributed by atoms with Gasteiger partial charge >= 0.3 is 0 Å². The molecule has 1 aromatic carbocycles. The summed E-state index contributed by atoms with van der Waals surface area (Å²) in [6, 6.07) is 7.80. The van der Waals surface area contributed by atoms with Crippen molar-refractivity contribution in [2.24, 2.45) is 0 Å². The third-order valence-corrected chi connectivity index (χ3v) is 1.38. The second-order valence-electron chi connectivity index (χ2n) is 2.05. The third-order valence-electron chi connectivity index (χ3n) is 1.38. The maximum absolute atomic E-state index is 4.12. The molecule has 11 heavy (non-hydrogen) atoms. The van der Waals surface area contributed by atoms with Crippen LogP contribution in [0.5, 0.6) is 0 Å². The van der Waals surface area contributed by atoms with E-state index in [0.29, 0.717) is 0 Å². The average Bonchev–Trinajstić information content (AvgIpc) is 2.05. The minimum absolute atomic E-state index is 0. The predicted molar refractivity (Wildman–Crippen MR) is 39.5 cm³/mol. The van der Waals surface area contributed by atoms with E-state index in [1.165, 1.54) is 0 Å². The molecule has 0 radical (unpaired) electrons. The largest absolute Gasteiger partial charge is 0.253 e. The fourth-order valence-electron chi connectivity index (χ4n) is 0.910. The number of rotatable bonds is 0. The number of fused-ring (bicyclic) bond motifs is 1. The van der Waals surface area contributed by atoms with Crippen LogP contribution in [0, 0.1) is 0 Å². The second-order valence-corrected chi connectivity index (χ2v) is 2.05. The Morgan fingerprint density at radius 1 is 0.818 bits per heavy atom. The SMILES string of the molecule is [Ni].c1ccc2nccnc2c1. The van der Waals surface area contributed by atoms with Gasteiger partial charge in [-0.1, -0.05) is 12.1 Å². The van der Waals surface area contributed by atoms with Crippen LogP contribution in [-0.2, 0) is 16.5 Å². The molecule has 0 N–H and O–H groups in total. The molecule has 1 aromatic heterocycles. The van der Waals surface area contributed by atoms with E-state index in [4.69, 9.17) is 0 Å². The molecule has 2 rings (SSSR count). The van der Waals surface area contributed by atoms with Gasteiger partial charge in [-0.2, -0.15) is 0 Å². The minimum Gasteiger partial charge on any atom is -0.253 e. The Hall–Kier alpha value is -0.946. The molecule has 0 saturated heterocycles. The number of hydrogen-bond donors (Lipinski definition) is 0. The third kappa shape index (κ3) is 1.55. The van der Waals surface area contributed by atoms with Crippen molar-refractivity contribution in [2.45, 2.75) is 0 Å². The molecule has 0 atom stereocenters. The molecule has 0 spiro atoms. The van der Waals surface area contributed by atoms with Gasteiger partial charge in [0, 0.05) is 28.9 Å². The van der Waals surface area contributed by atoms with E-state index in [1.54, 1.807) is 12.4 Å². The quantitative estimate of drug-likeness (QED) is 0.588. The number of nitrogens with zero attached hydrogens (tertiary/aromatic N) is 2. The molecule has 2 nitrogen and oxygen atoms in total. The summed E-state index contributed by atoms with van der Waals surface area (Å²) in [6.45, 7) is 0. The zero-order chi connectivity index (χ0) is 6.81. The molecule has 3 heteroatoms. The molecule has 2 aromatic rings. The first-order valence-electron chi connectivity index (χ1n) is 3.12. The van der Waals surface area contributed by atoms with Crippen molar-refractivity contribution in [3.8, 4) is 0 Å². The van der Waals surface area contributed by atoms with Crippen molar-refractivity contribution >= 4 is 11.0 Å². The van der Waals surface area contributed by atoms with Crippen LogP contribution < -0.4 is 0 Å². The van der Waals surface area contributed by atoms with Gasteiger partial charge in [-0.3, -0.25) is 9.97 Å². The Bertz CT molecular complexity index is 283. The predicted octanol–water partition coefficient (Wildman–Crippen LogP) is 1.63. The van der Waals surface area contributed by atoms with Crippen molar-refractivity contribution in [1.82, 2.24) is 9.97 Å². The Morgan fingerprint density at radius 2 is 1.27 bits per heavy atom. The Labute approximate surface area is 74.6 Å². The smallest absolute Gasteiger partial charge is 0.0886 e. The minimum atomic E-state index is 0. The Morgan fingerprint density at radius 3 is 1.73 bits per heavy atom. The van der Waals surface area contributed by atoms with E-state index in [9.17, 15) is 0 Å². The normalized spacial score (nSPS) is 9.09. The van der Waals surface area contributed by atoms with Gasteiger partial charge in [-0.15, -0.1) is 0 Å². The van der Waals surface area contributed by atoms with Crippen LogP contribution in [0.25, 0.3) is 11.0 Å². The van der Waals surface area contributed by atoms with Crippen LogP contribution >= 0.6 is 0 Å². The van der Waals surface area contributed by atoms with E-state index >= 15 is 0 Å². The van der Waals surface area contributed by atoms with Crippen molar-refractivity contribution in [3.05, 3.63) is 36.7 Å². The van der Waals surface area contributed by atoms with Crippen molar-refractivity contribution in [1.29, 1.82) is 0 Å². The van der Waals surface area contributed by atoms with Crippen molar-refractivity contribution in [2.75, 3.05) is 0 Å². The molecule has 1 heterocycles. The van der Waals surface area contributed by atoms with Crippen LogP contribution in [0.15, 0.2) is 36.7 Å². The van der Waals surface area contributed by atoms with Crippen molar-refractivity contribution < 1.29 is 16.5 Å². The summed E-state index contributed by atoms with van der Waals surface area (Å²) in [5.41, 5.74) is 1.90.